The molecule has 0 aliphatic heterocycles. The molecule has 0 radical (unpaired) electrons. The quantitative estimate of drug-likeness (QED) is 0.543. The van der Waals surface area contributed by atoms with Gasteiger partial charge in [-0.25, -0.2) is 0 Å². The van der Waals surface area contributed by atoms with Crippen molar-refractivity contribution >= 4 is 35.3 Å². The van der Waals surface area contributed by atoms with Gasteiger partial charge in [-0.1, -0.05) is 70.8 Å². The van der Waals surface area contributed by atoms with Crippen LogP contribution in [0.5, 0.6) is 0 Å². The fourth-order valence-electron chi connectivity index (χ4n) is 2.23. The van der Waals surface area contributed by atoms with Gasteiger partial charge in [0, 0.05) is 11.6 Å². The molecule has 1 amide bonds. The molecule has 25 heavy (non-hydrogen) atoms. The molecule has 1 N–H and O–H groups in total. The molecule has 0 spiro atoms. The van der Waals surface area contributed by atoms with Crippen molar-refractivity contribution in [1.29, 1.82) is 0 Å². The minimum Gasteiger partial charge on any atom is -0.386 e. The molecule has 0 heterocycles. The highest BCUT2D eigenvalue weighted by Gasteiger charge is 2.08. The van der Waals surface area contributed by atoms with Crippen LogP contribution in [0, 0.1) is 0 Å². The first-order chi connectivity index (χ1) is 12.1. The van der Waals surface area contributed by atoms with E-state index < -0.39 is 0 Å². The first-order valence-electron chi connectivity index (χ1n) is 7.99. The number of carbonyl (C=O) groups is 1. The zero-order chi connectivity index (χ0) is 18.1. The summed E-state index contributed by atoms with van der Waals surface area (Å²) in [6, 6.07) is 15.4. The molecular formula is C19H20Cl2N2O2. The molecule has 0 saturated heterocycles. The highest BCUT2D eigenvalue weighted by molar-refractivity contribution is 6.43. The Kier molecular flexibility index (Phi) is 7.76. The van der Waals surface area contributed by atoms with Gasteiger partial charge in [0.1, 0.15) is 0 Å². The van der Waals surface area contributed by atoms with Crippen LogP contribution in [0.1, 0.15) is 24.5 Å². The Labute approximate surface area is 157 Å². The van der Waals surface area contributed by atoms with Crippen molar-refractivity contribution in [2.75, 3.05) is 6.61 Å². The second kappa shape index (κ2) is 10.1. The predicted molar refractivity (Wildman–Crippen MR) is 102 cm³/mol. The molecule has 0 saturated carbocycles. The number of carbonyl (C=O) groups excluding carboxylic acids is 1. The summed E-state index contributed by atoms with van der Waals surface area (Å²) in [6.45, 7) is 1.82. The smallest absolute Gasteiger partial charge is 0.260 e. The number of nitrogens with zero attached hydrogens (tertiary/aromatic N) is 1. The Hall–Kier alpha value is -2.04. The molecular weight excluding hydrogens is 359 g/mol. The van der Waals surface area contributed by atoms with Gasteiger partial charge in [0.05, 0.1) is 16.3 Å². The lowest BCUT2D eigenvalue weighted by Crippen LogP contribution is -2.35. The maximum Gasteiger partial charge on any atom is 0.260 e. The molecule has 1 atom stereocenters. The van der Waals surface area contributed by atoms with E-state index in [0.29, 0.717) is 15.6 Å². The monoisotopic (exact) mass is 378 g/mol. The summed E-state index contributed by atoms with van der Waals surface area (Å²) in [5.74, 6) is -0.213. The average Bonchev–Trinajstić information content (AvgIpc) is 2.61. The minimum atomic E-state index is -0.213. The van der Waals surface area contributed by atoms with Crippen LogP contribution in [0.15, 0.2) is 53.7 Å². The van der Waals surface area contributed by atoms with Gasteiger partial charge in [0.15, 0.2) is 6.61 Å². The van der Waals surface area contributed by atoms with Crippen molar-refractivity contribution in [3.8, 4) is 0 Å². The molecule has 4 nitrogen and oxygen atoms in total. The van der Waals surface area contributed by atoms with E-state index in [9.17, 15) is 4.79 Å². The predicted octanol–water partition coefficient (Wildman–Crippen LogP) is 4.48. The van der Waals surface area contributed by atoms with Crippen LogP contribution in [0.2, 0.25) is 10.0 Å². The van der Waals surface area contributed by atoms with Crippen molar-refractivity contribution < 1.29 is 9.63 Å². The topological polar surface area (TPSA) is 50.7 Å². The van der Waals surface area contributed by atoms with Crippen LogP contribution in [0.25, 0.3) is 0 Å². The lowest BCUT2D eigenvalue weighted by atomic mass is 10.1. The Morgan fingerprint density at radius 3 is 2.72 bits per heavy atom. The fraction of sp³-hybridized carbons (Fsp3) is 0.263. The van der Waals surface area contributed by atoms with Crippen LogP contribution < -0.4 is 5.32 Å². The molecule has 0 bridgehead atoms. The highest BCUT2D eigenvalue weighted by Crippen LogP contribution is 2.24. The van der Waals surface area contributed by atoms with Gasteiger partial charge in [0.2, 0.25) is 0 Å². The van der Waals surface area contributed by atoms with Gasteiger partial charge in [-0.2, -0.15) is 0 Å². The lowest BCUT2D eigenvalue weighted by Gasteiger charge is -2.13. The third-order valence-corrected chi connectivity index (χ3v) is 4.39. The maximum absolute atomic E-state index is 11.8. The molecule has 0 aromatic heterocycles. The van der Waals surface area contributed by atoms with E-state index >= 15 is 0 Å². The summed E-state index contributed by atoms with van der Waals surface area (Å²) in [4.78, 5) is 16.9. The molecule has 2 aromatic rings. The zero-order valence-corrected chi connectivity index (χ0v) is 15.4. The molecule has 0 aliphatic carbocycles. The molecule has 6 heteroatoms. The van der Waals surface area contributed by atoms with Crippen molar-refractivity contribution in [3.05, 3.63) is 69.7 Å². The van der Waals surface area contributed by atoms with E-state index in [0.717, 1.165) is 12.8 Å². The molecule has 0 fully saturated rings. The van der Waals surface area contributed by atoms with Gasteiger partial charge in [0.25, 0.3) is 5.91 Å². The van der Waals surface area contributed by atoms with Crippen LogP contribution in [-0.2, 0) is 16.1 Å². The lowest BCUT2D eigenvalue weighted by molar-refractivity contribution is -0.126. The van der Waals surface area contributed by atoms with Crippen molar-refractivity contribution in [3.63, 3.8) is 0 Å². The number of oxime groups is 1. The van der Waals surface area contributed by atoms with Crippen LogP contribution in [-0.4, -0.2) is 24.8 Å². The summed E-state index contributed by atoms with van der Waals surface area (Å²) in [6.07, 6.45) is 3.20. The number of benzene rings is 2. The number of aryl methyl sites for hydroxylation is 1. The van der Waals surface area contributed by atoms with Gasteiger partial charge in [-0.15, -0.1) is 0 Å². The van der Waals surface area contributed by atoms with Crippen LogP contribution >= 0.6 is 23.2 Å². The molecule has 132 valence electrons. The maximum atomic E-state index is 11.8. The fourth-order valence-corrected chi connectivity index (χ4v) is 2.58. The number of halogens is 2. The van der Waals surface area contributed by atoms with E-state index in [1.807, 2.05) is 25.1 Å². The number of amides is 1. The van der Waals surface area contributed by atoms with Gasteiger partial charge < -0.3 is 10.2 Å². The van der Waals surface area contributed by atoms with Gasteiger partial charge >= 0.3 is 0 Å². The second-order valence-electron chi connectivity index (χ2n) is 5.64. The van der Waals surface area contributed by atoms with E-state index in [-0.39, 0.29) is 18.6 Å². The third-order valence-electron chi connectivity index (χ3n) is 3.56. The standard InChI is InChI=1S/C19H20Cl2N2O2/c1-14(10-11-15-6-3-2-4-7-15)23-18(24)13-25-22-12-16-8-5-9-17(20)19(16)21/h2-9,12,14H,10-11,13H2,1H3,(H,23,24)/b22-12-/t14-/m0/s1. The molecule has 0 unspecified atom stereocenters. The summed E-state index contributed by atoms with van der Waals surface area (Å²) in [7, 11) is 0. The largest absolute Gasteiger partial charge is 0.386 e. The Bertz CT molecular complexity index is 721. The Balaban J connectivity index is 1.69. The normalized spacial score (nSPS) is 12.1. The highest BCUT2D eigenvalue weighted by atomic mass is 35.5. The summed E-state index contributed by atoms with van der Waals surface area (Å²) < 4.78 is 0. The molecule has 2 rings (SSSR count). The summed E-state index contributed by atoms with van der Waals surface area (Å²) in [5.41, 5.74) is 1.88. The Morgan fingerprint density at radius 1 is 1.20 bits per heavy atom. The molecule has 2 aromatic carbocycles. The van der Waals surface area contributed by atoms with Crippen molar-refractivity contribution in [2.45, 2.75) is 25.8 Å². The van der Waals surface area contributed by atoms with Crippen LogP contribution in [0.4, 0.5) is 0 Å². The number of nitrogens with one attached hydrogen (secondary N) is 1. The van der Waals surface area contributed by atoms with E-state index in [4.69, 9.17) is 28.0 Å². The minimum absolute atomic E-state index is 0.0580. The second-order valence-corrected chi connectivity index (χ2v) is 6.43. The van der Waals surface area contributed by atoms with E-state index in [1.54, 1.807) is 18.2 Å². The Morgan fingerprint density at radius 2 is 1.96 bits per heavy atom. The summed E-state index contributed by atoms with van der Waals surface area (Å²) >= 11 is 11.9. The first-order valence-corrected chi connectivity index (χ1v) is 8.74. The number of hydrogen-bond acceptors (Lipinski definition) is 3. The SMILES string of the molecule is C[C@@H](CCc1ccccc1)NC(=O)CO/N=C\c1cccc(Cl)c1Cl. The first kappa shape index (κ1) is 19.3. The third kappa shape index (κ3) is 6.77. The summed E-state index contributed by atoms with van der Waals surface area (Å²) in [5, 5.41) is 7.48. The number of hydrogen-bond donors (Lipinski definition) is 1. The van der Waals surface area contributed by atoms with Gasteiger partial charge in [-0.3, -0.25) is 4.79 Å². The zero-order valence-electron chi connectivity index (χ0n) is 13.9. The van der Waals surface area contributed by atoms with Gasteiger partial charge in [-0.05, 0) is 31.4 Å². The molecule has 0 aliphatic rings. The van der Waals surface area contributed by atoms with Crippen LogP contribution in [0.3, 0.4) is 0 Å². The number of rotatable bonds is 8. The average molecular weight is 379 g/mol. The van der Waals surface area contributed by atoms with Crippen molar-refractivity contribution in [2.24, 2.45) is 5.16 Å². The van der Waals surface area contributed by atoms with E-state index in [1.165, 1.54) is 11.8 Å². The van der Waals surface area contributed by atoms with Crippen molar-refractivity contribution in [1.82, 2.24) is 5.32 Å². The van der Waals surface area contributed by atoms with E-state index in [2.05, 4.69) is 22.6 Å².